The number of alkyl halides is 2. The number of para-hydroxylation sites is 1. The highest BCUT2D eigenvalue weighted by Gasteiger charge is 2.30. The minimum absolute atomic E-state index is 0. The Bertz CT molecular complexity index is 1100. The summed E-state index contributed by atoms with van der Waals surface area (Å²) >= 11 is 0. The maximum absolute atomic E-state index is 14.1. The predicted octanol–water partition coefficient (Wildman–Crippen LogP) is 6.82. The van der Waals surface area contributed by atoms with Crippen molar-refractivity contribution in [2.24, 2.45) is 0 Å². The van der Waals surface area contributed by atoms with E-state index in [0.29, 0.717) is 21.9 Å². The summed E-state index contributed by atoms with van der Waals surface area (Å²) < 4.78 is 34.2. The van der Waals surface area contributed by atoms with E-state index in [-0.39, 0.29) is 6.99 Å². The zero-order valence-electron chi connectivity index (χ0n) is 13.3. The van der Waals surface area contributed by atoms with E-state index >= 15 is 0 Å². The number of hydrogen-bond donors (Lipinski definition) is 0. The van der Waals surface area contributed by atoms with Crippen molar-refractivity contribution in [2.45, 2.75) is 5.66 Å². The zero-order chi connectivity index (χ0) is 17.6. The molecule has 126 valence electrons. The van der Waals surface area contributed by atoms with Gasteiger partial charge in [-0.3, -0.25) is 0 Å². The van der Waals surface area contributed by atoms with Crippen LogP contribution in [0.15, 0.2) is 77.7 Å². The Morgan fingerprint density at radius 3 is 2.36 bits per heavy atom. The molecule has 0 saturated carbocycles. The van der Waals surface area contributed by atoms with Crippen molar-refractivity contribution >= 4 is 36.8 Å². The number of rotatable bonds is 3. The lowest BCUT2D eigenvalue weighted by Crippen LogP contribution is -2.03. The summed E-state index contributed by atoms with van der Waals surface area (Å²) in [5.74, 6) is 0. The molecule has 4 aromatic rings. The summed E-state index contributed by atoms with van der Waals surface area (Å²) in [4.78, 5) is 0. The highest BCUT2D eigenvalue weighted by molar-refractivity contribution is 7.17. The summed E-state index contributed by atoms with van der Waals surface area (Å²) in [6, 6.07) is 20.0. The van der Waals surface area contributed by atoms with Gasteiger partial charge in [-0.15, -0.1) is 0 Å². The molecule has 25 heavy (non-hydrogen) atoms. The number of hydrogen-bond acceptors (Lipinski definition) is 1. The first-order valence-corrected chi connectivity index (χ1v) is 8.40. The molecule has 1 heterocycles. The van der Waals surface area contributed by atoms with Gasteiger partial charge in [-0.1, -0.05) is 76.5 Å². The van der Waals surface area contributed by atoms with E-state index in [4.69, 9.17) is 4.42 Å². The Hall–Kier alpha value is -2.51. The Labute approximate surface area is 147 Å². The number of fused-ring (bicyclic) bond motifs is 3. The lowest BCUT2D eigenvalue weighted by molar-refractivity contribution is 0.106. The van der Waals surface area contributed by atoms with Crippen LogP contribution in [0.25, 0.3) is 27.5 Å². The van der Waals surface area contributed by atoms with Crippen molar-refractivity contribution < 1.29 is 14.6 Å². The van der Waals surface area contributed by atoms with Gasteiger partial charge >= 0.3 is 0 Å². The van der Waals surface area contributed by atoms with Crippen molar-refractivity contribution in [1.82, 2.24) is 0 Å². The molecular formula is C21H17F2OP. The zero-order valence-corrected chi connectivity index (χ0v) is 14.5. The van der Waals surface area contributed by atoms with Gasteiger partial charge in [0.25, 0.3) is 5.66 Å². The third kappa shape index (κ3) is 2.65. The summed E-state index contributed by atoms with van der Waals surface area (Å²) in [6.45, 7) is 4.15. The first kappa shape index (κ1) is 16.0. The van der Waals surface area contributed by atoms with Gasteiger partial charge in [0.2, 0.25) is 0 Å². The summed E-state index contributed by atoms with van der Waals surface area (Å²) in [5.41, 5.74) is 0.295. The summed E-state index contributed by atoms with van der Waals surface area (Å²) in [6.07, 6.45) is 0. The molecule has 1 aromatic heterocycles. The van der Waals surface area contributed by atoms with Gasteiger partial charge in [0.15, 0.2) is 0 Å². The van der Waals surface area contributed by atoms with Crippen LogP contribution in [-0.4, -0.2) is 0 Å². The van der Waals surface area contributed by atoms with Gasteiger partial charge in [-0.05, 0) is 17.2 Å². The smallest absolute Gasteiger partial charge is 0.284 e. The van der Waals surface area contributed by atoms with Crippen LogP contribution in [0.4, 0.5) is 8.78 Å². The maximum atomic E-state index is 14.1. The quantitative estimate of drug-likeness (QED) is 0.368. The second-order valence-corrected chi connectivity index (χ2v) is 6.66. The van der Waals surface area contributed by atoms with Crippen molar-refractivity contribution in [1.29, 1.82) is 0 Å². The van der Waals surface area contributed by atoms with Gasteiger partial charge < -0.3 is 4.42 Å². The Balaban J connectivity index is 0.00000196. The Kier molecular flexibility index (Phi) is 3.70. The standard InChI is InChI=1S/C21H15F2OP.H2/c1-13(14-7-3-2-4-8-14)15-11-12-17(21(22,23)25)19-16-9-5-6-10-18(16)24-20(15)19;/h2-12H,1,25H2;1H. The molecule has 0 bridgehead atoms. The lowest BCUT2D eigenvalue weighted by atomic mass is 9.95. The Morgan fingerprint density at radius 2 is 1.64 bits per heavy atom. The molecular weight excluding hydrogens is 337 g/mol. The number of furan rings is 1. The first-order valence-electron chi connectivity index (χ1n) is 7.83. The average molecular weight is 354 g/mol. The topological polar surface area (TPSA) is 13.1 Å². The minimum Gasteiger partial charge on any atom is -0.455 e. The maximum Gasteiger partial charge on any atom is 0.284 e. The van der Waals surface area contributed by atoms with Gasteiger partial charge in [-0.25, -0.2) is 0 Å². The third-order valence-corrected chi connectivity index (χ3v) is 4.64. The molecule has 1 nitrogen and oxygen atoms in total. The van der Waals surface area contributed by atoms with E-state index in [2.05, 4.69) is 6.58 Å². The molecule has 4 heteroatoms. The average Bonchev–Trinajstić information content (AvgIpc) is 2.99. The van der Waals surface area contributed by atoms with E-state index in [1.807, 2.05) is 42.5 Å². The fourth-order valence-electron chi connectivity index (χ4n) is 3.14. The predicted molar refractivity (Wildman–Crippen MR) is 104 cm³/mol. The van der Waals surface area contributed by atoms with Crippen molar-refractivity contribution in [3.63, 3.8) is 0 Å². The Morgan fingerprint density at radius 1 is 0.960 bits per heavy atom. The number of benzene rings is 3. The molecule has 1 atom stereocenters. The first-order chi connectivity index (χ1) is 12.0. The van der Waals surface area contributed by atoms with E-state index in [1.54, 1.807) is 27.4 Å². The molecule has 0 aliphatic rings. The van der Waals surface area contributed by atoms with E-state index in [0.717, 1.165) is 16.7 Å². The van der Waals surface area contributed by atoms with Crippen LogP contribution in [-0.2, 0) is 5.66 Å². The van der Waals surface area contributed by atoms with Crippen molar-refractivity contribution in [3.05, 3.63) is 90.0 Å². The van der Waals surface area contributed by atoms with Gasteiger partial charge in [0, 0.05) is 23.3 Å². The fraction of sp³-hybridized carbons (Fsp3) is 0.0476. The third-order valence-electron chi connectivity index (χ3n) is 4.33. The molecule has 0 amide bonds. The van der Waals surface area contributed by atoms with Crippen molar-refractivity contribution in [3.8, 4) is 0 Å². The summed E-state index contributed by atoms with van der Waals surface area (Å²) in [5, 5.41) is 1.11. The van der Waals surface area contributed by atoms with Crippen LogP contribution < -0.4 is 0 Å². The molecule has 0 aliphatic heterocycles. The summed E-state index contributed by atoms with van der Waals surface area (Å²) in [7, 11) is 1.61. The van der Waals surface area contributed by atoms with Crippen LogP contribution >= 0.6 is 9.24 Å². The normalized spacial score (nSPS) is 12.0. The molecule has 0 radical (unpaired) electrons. The monoisotopic (exact) mass is 354 g/mol. The molecule has 0 spiro atoms. The lowest BCUT2D eigenvalue weighted by Gasteiger charge is -2.14. The minimum atomic E-state index is -3.04. The largest absolute Gasteiger partial charge is 0.455 e. The molecule has 0 N–H and O–H groups in total. The molecule has 0 saturated heterocycles. The van der Waals surface area contributed by atoms with Gasteiger partial charge in [-0.2, -0.15) is 8.78 Å². The molecule has 0 fully saturated rings. The van der Waals surface area contributed by atoms with Crippen LogP contribution in [0.5, 0.6) is 0 Å². The van der Waals surface area contributed by atoms with E-state index in [1.165, 1.54) is 6.07 Å². The van der Waals surface area contributed by atoms with Crippen LogP contribution in [0.1, 0.15) is 18.1 Å². The SMILES string of the molecule is C=C(c1ccccc1)c1ccc(C(F)(F)P)c2c1oc1ccccc12.[HH]. The van der Waals surface area contributed by atoms with Crippen molar-refractivity contribution in [2.75, 3.05) is 0 Å². The van der Waals surface area contributed by atoms with Crippen LogP contribution in [0.3, 0.4) is 0 Å². The van der Waals surface area contributed by atoms with E-state index < -0.39 is 5.66 Å². The number of halogens is 2. The van der Waals surface area contributed by atoms with Gasteiger partial charge in [0.05, 0.1) is 0 Å². The van der Waals surface area contributed by atoms with Crippen LogP contribution in [0, 0.1) is 0 Å². The highest BCUT2D eigenvalue weighted by Crippen LogP contribution is 2.45. The molecule has 3 aromatic carbocycles. The molecule has 4 rings (SSSR count). The van der Waals surface area contributed by atoms with Crippen LogP contribution in [0.2, 0.25) is 0 Å². The highest BCUT2D eigenvalue weighted by atomic mass is 31.0. The van der Waals surface area contributed by atoms with Gasteiger partial charge in [0.1, 0.15) is 11.2 Å². The molecule has 1 unspecified atom stereocenters. The fourth-order valence-corrected chi connectivity index (χ4v) is 3.38. The van der Waals surface area contributed by atoms with E-state index in [9.17, 15) is 8.78 Å². The second kappa shape index (κ2) is 5.79. The molecule has 0 aliphatic carbocycles. The second-order valence-electron chi connectivity index (χ2n) is 5.93.